The van der Waals surface area contributed by atoms with Crippen molar-refractivity contribution in [2.24, 2.45) is 5.92 Å². The molecule has 0 aliphatic carbocycles. The predicted molar refractivity (Wildman–Crippen MR) is 116 cm³/mol. The quantitative estimate of drug-likeness (QED) is 0.380. The Kier molecular flexibility index (Phi) is 7.34. The normalized spacial score (nSPS) is 21.4. The molecule has 0 amide bonds. The van der Waals surface area contributed by atoms with E-state index in [1.165, 1.54) is 32.4 Å². The van der Waals surface area contributed by atoms with Crippen molar-refractivity contribution in [2.75, 3.05) is 33.9 Å². The first-order valence-corrected chi connectivity index (χ1v) is 11.4. The van der Waals surface area contributed by atoms with Gasteiger partial charge in [-0.05, 0) is 6.07 Å². The van der Waals surface area contributed by atoms with Crippen molar-refractivity contribution in [1.29, 1.82) is 0 Å². The van der Waals surface area contributed by atoms with E-state index in [4.69, 9.17) is 19.3 Å². The largest absolute Gasteiger partial charge is 0.603 e. The van der Waals surface area contributed by atoms with Crippen LogP contribution in [0.1, 0.15) is 12.5 Å². The number of carboxylic acids is 1. The highest BCUT2D eigenvalue weighted by Crippen LogP contribution is 2.29. The Morgan fingerprint density at radius 1 is 1.27 bits per heavy atom. The minimum atomic E-state index is -4.08. The van der Waals surface area contributed by atoms with Crippen LogP contribution in [-0.2, 0) is 20.6 Å². The van der Waals surface area contributed by atoms with Gasteiger partial charge in [-0.2, -0.15) is 4.76 Å². The molecule has 1 aliphatic rings. The second-order valence-corrected chi connectivity index (χ2v) is 9.35. The van der Waals surface area contributed by atoms with Crippen LogP contribution in [0.5, 0.6) is 17.5 Å². The molecule has 2 unspecified atom stereocenters. The van der Waals surface area contributed by atoms with Gasteiger partial charge in [-0.15, -0.1) is 9.97 Å². The third-order valence-corrected chi connectivity index (χ3v) is 6.30. The van der Waals surface area contributed by atoms with Crippen LogP contribution in [0.2, 0.25) is 0 Å². The molecule has 180 valence electrons. The van der Waals surface area contributed by atoms with E-state index in [1.54, 1.807) is 19.1 Å². The Morgan fingerprint density at radius 3 is 2.52 bits per heavy atom. The maximum atomic E-state index is 13.6. The summed E-state index contributed by atoms with van der Waals surface area (Å²) in [7, 11) is -1.34. The van der Waals surface area contributed by atoms with Crippen molar-refractivity contribution in [1.82, 2.24) is 24.7 Å². The SMILES string of the molecule is COc1cc(OC)nc([N+]2([O-])CC(C)CN(S(=O)(=O)Cc3ccccc3OCC(=O)O)N2)n1. The molecule has 1 aliphatic heterocycles. The average Bonchev–Trinajstić information content (AvgIpc) is 2.77. The van der Waals surface area contributed by atoms with Crippen molar-refractivity contribution in [3.05, 3.63) is 41.1 Å². The molecule has 13 nitrogen and oxygen atoms in total. The lowest BCUT2D eigenvalue weighted by Gasteiger charge is -2.46. The van der Waals surface area contributed by atoms with Gasteiger partial charge in [-0.3, -0.25) is 0 Å². The van der Waals surface area contributed by atoms with Gasteiger partial charge in [0.25, 0.3) is 0 Å². The summed E-state index contributed by atoms with van der Waals surface area (Å²) in [6, 6.07) is 7.59. The number of nitrogens with zero attached hydrogens (tertiary/aromatic N) is 4. The van der Waals surface area contributed by atoms with Gasteiger partial charge < -0.3 is 24.5 Å². The van der Waals surface area contributed by atoms with Crippen LogP contribution in [0.15, 0.2) is 30.3 Å². The van der Waals surface area contributed by atoms with Gasteiger partial charge in [0.2, 0.25) is 21.8 Å². The van der Waals surface area contributed by atoms with E-state index >= 15 is 0 Å². The van der Waals surface area contributed by atoms with Crippen LogP contribution in [-0.4, -0.2) is 67.8 Å². The summed E-state index contributed by atoms with van der Waals surface area (Å²) >= 11 is 0. The number of hydroxylamine groups is 1. The number of nitrogens with one attached hydrogen (secondary N) is 1. The Morgan fingerprint density at radius 2 is 1.91 bits per heavy atom. The number of para-hydroxylation sites is 1. The fraction of sp³-hybridized carbons (Fsp3) is 0.421. The molecule has 3 rings (SSSR count). The molecular weight excluding hydrogens is 458 g/mol. The first-order chi connectivity index (χ1) is 15.6. The second-order valence-electron chi connectivity index (χ2n) is 7.46. The molecule has 0 saturated carbocycles. The highest BCUT2D eigenvalue weighted by atomic mass is 32.2. The fourth-order valence-corrected chi connectivity index (χ4v) is 4.81. The van der Waals surface area contributed by atoms with Gasteiger partial charge in [0.15, 0.2) is 6.61 Å². The van der Waals surface area contributed by atoms with E-state index in [2.05, 4.69) is 15.5 Å². The zero-order chi connectivity index (χ0) is 24.2. The van der Waals surface area contributed by atoms with Crippen molar-refractivity contribution >= 4 is 21.9 Å². The van der Waals surface area contributed by atoms with Crippen molar-refractivity contribution in [3.63, 3.8) is 0 Å². The third-order valence-electron chi connectivity index (χ3n) is 4.73. The molecule has 2 atom stereocenters. The van der Waals surface area contributed by atoms with Crippen molar-refractivity contribution in [3.8, 4) is 17.5 Å². The van der Waals surface area contributed by atoms with Crippen LogP contribution in [0.4, 0.5) is 5.95 Å². The van der Waals surface area contributed by atoms with E-state index < -0.39 is 33.1 Å². The van der Waals surface area contributed by atoms with Crippen LogP contribution in [0.25, 0.3) is 0 Å². The highest BCUT2D eigenvalue weighted by molar-refractivity contribution is 7.88. The van der Waals surface area contributed by atoms with E-state index in [9.17, 15) is 18.4 Å². The summed E-state index contributed by atoms with van der Waals surface area (Å²) in [6.45, 7) is 1.10. The minimum absolute atomic E-state index is 0.0316. The molecule has 2 heterocycles. The second kappa shape index (κ2) is 9.84. The van der Waals surface area contributed by atoms with Gasteiger partial charge in [-0.25, -0.2) is 13.2 Å². The molecule has 2 aromatic rings. The Labute approximate surface area is 190 Å². The summed E-state index contributed by atoms with van der Waals surface area (Å²) in [6.07, 6.45) is 0. The molecule has 0 spiro atoms. The fourth-order valence-electron chi connectivity index (χ4n) is 3.28. The van der Waals surface area contributed by atoms with E-state index in [-0.39, 0.29) is 48.0 Å². The number of ether oxygens (including phenoxy) is 3. The van der Waals surface area contributed by atoms with Crippen LogP contribution >= 0.6 is 0 Å². The number of hydrogen-bond acceptors (Lipinski definition) is 10. The lowest BCUT2D eigenvalue weighted by atomic mass is 10.1. The Hall–Kier alpha value is -3.04. The summed E-state index contributed by atoms with van der Waals surface area (Å²) in [5, 5.41) is 22.5. The number of hydrogen-bond donors (Lipinski definition) is 2. The molecule has 1 saturated heterocycles. The zero-order valence-corrected chi connectivity index (χ0v) is 19.1. The highest BCUT2D eigenvalue weighted by Gasteiger charge is 2.41. The topological polar surface area (TPSA) is 163 Å². The van der Waals surface area contributed by atoms with E-state index in [0.717, 1.165) is 4.41 Å². The number of hydrazine groups is 1. The number of carboxylic acid groups (broad SMARTS) is 1. The molecule has 0 bridgehead atoms. The lowest BCUT2D eigenvalue weighted by Crippen LogP contribution is -2.70. The number of methoxy groups -OCH3 is 2. The first-order valence-electron chi connectivity index (χ1n) is 9.84. The summed E-state index contributed by atoms with van der Waals surface area (Å²) in [4.78, 5) is 19.0. The summed E-state index contributed by atoms with van der Waals surface area (Å²) in [5.41, 5.74) is 2.72. The van der Waals surface area contributed by atoms with Gasteiger partial charge in [0.05, 0.1) is 26.0 Å². The number of quaternary nitrogens is 1. The van der Waals surface area contributed by atoms with Crippen molar-refractivity contribution in [2.45, 2.75) is 12.7 Å². The van der Waals surface area contributed by atoms with Crippen LogP contribution < -0.4 is 24.5 Å². The van der Waals surface area contributed by atoms with E-state index in [0.29, 0.717) is 0 Å². The number of carbonyl (C=O) groups is 1. The van der Waals surface area contributed by atoms with Crippen molar-refractivity contribution < 1.29 is 32.5 Å². The Bertz CT molecular complexity index is 1090. The number of aromatic nitrogens is 2. The zero-order valence-electron chi connectivity index (χ0n) is 18.3. The third kappa shape index (κ3) is 5.85. The molecule has 1 fully saturated rings. The average molecular weight is 484 g/mol. The minimum Gasteiger partial charge on any atom is -0.603 e. The monoisotopic (exact) mass is 483 g/mol. The van der Waals surface area contributed by atoms with Gasteiger partial charge in [0.1, 0.15) is 12.3 Å². The van der Waals surface area contributed by atoms with Gasteiger partial charge in [-0.1, -0.05) is 35.1 Å². The molecule has 14 heteroatoms. The number of sulfonamides is 1. The van der Waals surface area contributed by atoms with Crippen LogP contribution in [0, 0.1) is 11.1 Å². The summed E-state index contributed by atoms with van der Waals surface area (Å²) < 4.78 is 41.3. The maximum absolute atomic E-state index is 13.6. The Balaban J connectivity index is 1.89. The smallest absolute Gasteiger partial charge is 0.356 e. The number of benzene rings is 1. The standard InChI is InChI=1S/C19H25N5O8S/c1-13-9-23(22-24(27,10-13)19-20-16(30-2)8-17(21-19)31-3)33(28,29)12-14-6-4-5-7-15(14)32-11-18(25)26/h4-8,13,22H,9-12H2,1-3H3,(H,25,26). The molecule has 1 aromatic heterocycles. The predicted octanol–water partition coefficient (Wildman–Crippen LogP) is 0.664. The number of rotatable bonds is 9. The molecular formula is C19H25N5O8S. The summed E-state index contributed by atoms with van der Waals surface area (Å²) in [5.74, 6) is -2.04. The van der Waals surface area contributed by atoms with Gasteiger partial charge in [0, 0.05) is 18.0 Å². The molecule has 1 aromatic carbocycles. The molecule has 2 N–H and O–H groups in total. The van der Waals surface area contributed by atoms with Gasteiger partial charge >= 0.3 is 11.9 Å². The molecule has 33 heavy (non-hydrogen) atoms. The number of aliphatic carboxylic acids is 1. The maximum Gasteiger partial charge on any atom is 0.356 e. The molecule has 0 radical (unpaired) electrons. The van der Waals surface area contributed by atoms with E-state index in [1.807, 2.05) is 0 Å². The lowest BCUT2D eigenvalue weighted by molar-refractivity contribution is -0.139. The van der Waals surface area contributed by atoms with Crippen LogP contribution in [0.3, 0.4) is 0 Å². The first kappa shape index (κ1) is 24.6.